The molecule has 33 heavy (non-hydrogen) atoms. The Bertz CT molecular complexity index is 968. The summed E-state index contributed by atoms with van der Waals surface area (Å²) in [6.45, 7) is 4.61. The van der Waals surface area contributed by atoms with Crippen LogP contribution in [0, 0.1) is 0 Å². The molecule has 3 rings (SSSR count). The van der Waals surface area contributed by atoms with Gasteiger partial charge in [-0.3, -0.25) is 0 Å². The van der Waals surface area contributed by atoms with Crippen LogP contribution < -0.4 is 14.8 Å². The third kappa shape index (κ3) is 6.60. The van der Waals surface area contributed by atoms with Gasteiger partial charge in [0, 0.05) is 11.6 Å². The average molecular weight is 478 g/mol. The molecule has 0 spiro atoms. The molecule has 0 bridgehead atoms. The topological polar surface area (TPSA) is 103 Å². The monoisotopic (exact) mass is 477 g/mol. The van der Waals surface area contributed by atoms with E-state index in [0.29, 0.717) is 36.0 Å². The van der Waals surface area contributed by atoms with E-state index in [4.69, 9.17) is 30.5 Å². The molecule has 8 nitrogen and oxygen atoms in total. The van der Waals surface area contributed by atoms with E-state index < -0.39 is 30.3 Å². The van der Waals surface area contributed by atoms with Crippen LogP contribution >= 0.6 is 11.6 Å². The second kappa shape index (κ2) is 11.9. The fourth-order valence-corrected chi connectivity index (χ4v) is 3.59. The summed E-state index contributed by atoms with van der Waals surface area (Å²) >= 11 is 5.97. The van der Waals surface area contributed by atoms with Crippen molar-refractivity contribution in [2.75, 3.05) is 26.3 Å². The Balaban J connectivity index is 1.60. The van der Waals surface area contributed by atoms with E-state index in [1.807, 2.05) is 12.1 Å². The first kappa shape index (κ1) is 24.8. The number of esters is 2. The summed E-state index contributed by atoms with van der Waals surface area (Å²) in [6, 6.07) is 12.4. The van der Waals surface area contributed by atoms with Crippen LogP contribution in [0.15, 0.2) is 42.5 Å². The summed E-state index contributed by atoms with van der Waals surface area (Å²) in [4.78, 5) is 24.6. The first-order valence-corrected chi connectivity index (χ1v) is 11.2. The fourth-order valence-electron chi connectivity index (χ4n) is 3.39. The molecule has 2 aromatic carbocycles. The van der Waals surface area contributed by atoms with Gasteiger partial charge in [0.15, 0.2) is 11.5 Å². The average Bonchev–Trinajstić information content (AvgIpc) is 2.81. The van der Waals surface area contributed by atoms with Crippen LogP contribution in [0.2, 0.25) is 5.02 Å². The zero-order valence-corrected chi connectivity index (χ0v) is 19.3. The van der Waals surface area contributed by atoms with Gasteiger partial charge >= 0.3 is 11.9 Å². The van der Waals surface area contributed by atoms with Gasteiger partial charge in [-0.05, 0) is 62.2 Å². The summed E-state index contributed by atoms with van der Waals surface area (Å²) in [5.41, 5.74) is 1.68. The minimum Gasteiger partial charge on any atom is -0.470 e. The molecule has 3 atom stereocenters. The number of rotatable bonds is 10. The predicted molar refractivity (Wildman–Crippen MR) is 122 cm³/mol. The first-order valence-electron chi connectivity index (χ1n) is 10.9. The van der Waals surface area contributed by atoms with Crippen LogP contribution in [0.3, 0.4) is 0 Å². The number of halogens is 1. The molecule has 1 aliphatic heterocycles. The molecule has 0 saturated carbocycles. The Hall–Kier alpha value is -2.81. The van der Waals surface area contributed by atoms with Gasteiger partial charge in [0.2, 0.25) is 12.2 Å². The van der Waals surface area contributed by atoms with Crippen molar-refractivity contribution in [3.8, 4) is 11.5 Å². The predicted octanol–water partition coefficient (Wildman–Crippen LogP) is 2.84. The van der Waals surface area contributed by atoms with Crippen LogP contribution in [0.5, 0.6) is 11.5 Å². The van der Waals surface area contributed by atoms with E-state index in [0.717, 1.165) is 11.1 Å². The Morgan fingerprint density at radius 2 is 1.70 bits per heavy atom. The molecule has 2 N–H and O–H groups in total. The van der Waals surface area contributed by atoms with Gasteiger partial charge in [-0.15, -0.1) is 0 Å². The van der Waals surface area contributed by atoms with Crippen LogP contribution in [0.4, 0.5) is 0 Å². The SMILES string of the molecule is CCOC(=O)C1Oc2ccc(CCNCC(O)c3cccc(Cl)c3)cc2OC1C(=O)OCC. The van der Waals surface area contributed by atoms with Crippen molar-refractivity contribution in [3.05, 3.63) is 58.6 Å². The van der Waals surface area contributed by atoms with Crippen molar-refractivity contribution in [1.82, 2.24) is 5.32 Å². The second-order valence-corrected chi connectivity index (χ2v) is 7.82. The van der Waals surface area contributed by atoms with Crippen LogP contribution in [0.1, 0.15) is 31.1 Å². The molecule has 0 radical (unpaired) electrons. The summed E-state index contributed by atoms with van der Waals surface area (Å²) in [5.74, 6) is -0.678. The molecule has 1 heterocycles. The molecule has 0 aromatic heterocycles. The standard InChI is InChI=1S/C24H28ClNO7/c1-3-30-23(28)21-22(24(29)31-4-2)33-20-12-15(8-9-19(20)32-21)10-11-26-14-18(27)16-6-5-7-17(25)13-16/h5-9,12-13,18,21-22,26-27H,3-4,10-11,14H2,1-2H3. The number of ether oxygens (including phenoxy) is 4. The molecule has 3 unspecified atom stereocenters. The molecule has 2 aromatic rings. The molecular formula is C24H28ClNO7. The molecule has 9 heteroatoms. The largest absolute Gasteiger partial charge is 0.470 e. The van der Waals surface area contributed by atoms with Crippen molar-refractivity contribution in [2.45, 2.75) is 38.6 Å². The maximum atomic E-state index is 12.3. The Morgan fingerprint density at radius 3 is 2.33 bits per heavy atom. The zero-order valence-electron chi connectivity index (χ0n) is 18.6. The number of hydrogen-bond donors (Lipinski definition) is 2. The van der Waals surface area contributed by atoms with Gasteiger partial charge < -0.3 is 29.4 Å². The molecule has 1 aliphatic rings. The maximum Gasteiger partial charge on any atom is 0.351 e. The van der Waals surface area contributed by atoms with E-state index in [9.17, 15) is 14.7 Å². The van der Waals surface area contributed by atoms with Crippen molar-refractivity contribution in [3.63, 3.8) is 0 Å². The lowest BCUT2D eigenvalue weighted by molar-refractivity contribution is -0.171. The van der Waals surface area contributed by atoms with Crippen LogP contribution in [-0.4, -0.2) is 55.6 Å². The highest BCUT2D eigenvalue weighted by Crippen LogP contribution is 2.35. The quantitative estimate of drug-likeness (QED) is 0.398. The van der Waals surface area contributed by atoms with Gasteiger partial charge in [-0.1, -0.05) is 29.8 Å². The maximum absolute atomic E-state index is 12.3. The zero-order chi connectivity index (χ0) is 23.8. The molecule has 0 aliphatic carbocycles. The van der Waals surface area contributed by atoms with Crippen LogP contribution in [-0.2, 0) is 25.5 Å². The molecule has 0 saturated heterocycles. The number of hydrogen-bond acceptors (Lipinski definition) is 8. The van der Waals surface area contributed by atoms with Crippen molar-refractivity contribution >= 4 is 23.5 Å². The molecule has 0 amide bonds. The third-order valence-electron chi connectivity index (χ3n) is 4.99. The lowest BCUT2D eigenvalue weighted by Crippen LogP contribution is -2.51. The van der Waals surface area contributed by atoms with Crippen molar-refractivity contribution < 1.29 is 33.6 Å². The normalized spacial score (nSPS) is 17.8. The van der Waals surface area contributed by atoms with Gasteiger partial charge in [0.25, 0.3) is 0 Å². The number of nitrogens with one attached hydrogen (secondary N) is 1. The summed E-state index contributed by atoms with van der Waals surface area (Å²) in [7, 11) is 0. The van der Waals surface area contributed by atoms with Gasteiger partial charge in [-0.25, -0.2) is 9.59 Å². The third-order valence-corrected chi connectivity index (χ3v) is 5.23. The smallest absolute Gasteiger partial charge is 0.351 e. The molecule has 178 valence electrons. The number of benzene rings is 2. The fraction of sp³-hybridized carbons (Fsp3) is 0.417. The van der Waals surface area contributed by atoms with Gasteiger partial charge in [0.05, 0.1) is 19.3 Å². The summed E-state index contributed by atoms with van der Waals surface area (Å²) in [5, 5.41) is 14.1. The summed E-state index contributed by atoms with van der Waals surface area (Å²) < 4.78 is 21.6. The Morgan fingerprint density at radius 1 is 1.03 bits per heavy atom. The highest BCUT2D eigenvalue weighted by atomic mass is 35.5. The number of fused-ring (bicyclic) bond motifs is 1. The van der Waals surface area contributed by atoms with E-state index in [-0.39, 0.29) is 13.2 Å². The van der Waals surface area contributed by atoms with Crippen molar-refractivity contribution in [1.29, 1.82) is 0 Å². The molecule has 0 fully saturated rings. The number of aliphatic hydroxyl groups excluding tert-OH is 1. The Labute approximate surface area is 197 Å². The van der Waals surface area contributed by atoms with Crippen LogP contribution in [0.25, 0.3) is 0 Å². The van der Waals surface area contributed by atoms with E-state index in [1.165, 1.54) is 0 Å². The molecular weight excluding hydrogens is 450 g/mol. The minimum absolute atomic E-state index is 0.147. The summed E-state index contributed by atoms with van der Waals surface area (Å²) in [6.07, 6.45) is -2.52. The Kier molecular flexibility index (Phi) is 8.94. The van der Waals surface area contributed by atoms with E-state index in [2.05, 4.69) is 5.32 Å². The highest BCUT2D eigenvalue weighted by Gasteiger charge is 2.44. The lowest BCUT2D eigenvalue weighted by atomic mass is 10.1. The van der Waals surface area contributed by atoms with E-state index >= 15 is 0 Å². The number of aliphatic hydroxyl groups is 1. The minimum atomic E-state index is -1.25. The van der Waals surface area contributed by atoms with E-state index in [1.54, 1.807) is 44.2 Å². The first-order chi connectivity index (χ1) is 15.9. The number of carbonyl (C=O) groups excluding carboxylic acids is 2. The van der Waals surface area contributed by atoms with Gasteiger partial charge in [0.1, 0.15) is 0 Å². The lowest BCUT2D eigenvalue weighted by Gasteiger charge is -2.31. The highest BCUT2D eigenvalue weighted by molar-refractivity contribution is 6.30. The second-order valence-electron chi connectivity index (χ2n) is 7.39. The number of carbonyl (C=O) groups is 2. The van der Waals surface area contributed by atoms with Crippen molar-refractivity contribution in [2.24, 2.45) is 0 Å². The van der Waals surface area contributed by atoms with Gasteiger partial charge in [-0.2, -0.15) is 0 Å².